The van der Waals surface area contributed by atoms with E-state index < -0.39 is 5.60 Å². The average molecular weight is 416 g/mol. The van der Waals surface area contributed by atoms with Crippen LogP contribution in [-0.4, -0.2) is 16.5 Å². The molecule has 0 radical (unpaired) electrons. The number of carbonyl (C=O) groups is 1. The van der Waals surface area contributed by atoms with Crippen LogP contribution >= 0.6 is 0 Å². The lowest BCUT2D eigenvalue weighted by molar-refractivity contribution is -0.156. The fourth-order valence-electron chi connectivity index (χ4n) is 3.88. The predicted octanol–water partition coefficient (Wildman–Crippen LogP) is 6.72. The minimum absolute atomic E-state index is 0.105. The Morgan fingerprint density at radius 1 is 0.806 bits per heavy atom. The first-order valence-corrected chi connectivity index (χ1v) is 10.9. The van der Waals surface area contributed by atoms with Crippen LogP contribution < -0.4 is 0 Å². The SMILES string of the molecule is C[C@H](c1ccccc1)N(Cc1ccccc1)C(CC(=O)OC(C)(C)C)c1ccccc1. The van der Waals surface area contributed by atoms with E-state index in [9.17, 15) is 4.79 Å². The van der Waals surface area contributed by atoms with Crippen LogP contribution in [-0.2, 0) is 16.1 Å². The van der Waals surface area contributed by atoms with Crippen molar-refractivity contribution in [2.45, 2.75) is 58.3 Å². The van der Waals surface area contributed by atoms with Crippen LogP contribution in [0.25, 0.3) is 0 Å². The van der Waals surface area contributed by atoms with Gasteiger partial charge in [-0.2, -0.15) is 0 Å². The summed E-state index contributed by atoms with van der Waals surface area (Å²) in [5.74, 6) is -0.181. The van der Waals surface area contributed by atoms with Crippen LogP contribution in [0.15, 0.2) is 91.0 Å². The molecule has 3 rings (SSSR count). The van der Waals surface area contributed by atoms with Crippen LogP contribution in [0.5, 0.6) is 0 Å². The summed E-state index contributed by atoms with van der Waals surface area (Å²) in [6.07, 6.45) is 0.297. The Bertz CT molecular complexity index is 933. The Hall–Kier alpha value is -2.91. The van der Waals surface area contributed by atoms with Crippen LogP contribution in [0.2, 0.25) is 0 Å². The van der Waals surface area contributed by atoms with E-state index in [1.165, 1.54) is 11.1 Å². The summed E-state index contributed by atoms with van der Waals surface area (Å²) in [4.78, 5) is 15.3. The molecule has 3 nitrogen and oxygen atoms in total. The number of nitrogens with zero attached hydrogens (tertiary/aromatic N) is 1. The highest BCUT2D eigenvalue weighted by atomic mass is 16.6. The second-order valence-corrected chi connectivity index (χ2v) is 8.96. The number of hydrogen-bond acceptors (Lipinski definition) is 3. The van der Waals surface area contributed by atoms with E-state index in [2.05, 4.69) is 72.5 Å². The molecule has 2 atom stereocenters. The molecule has 0 amide bonds. The molecule has 0 aliphatic heterocycles. The molecule has 0 aliphatic rings. The Balaban J connectivity index is 1.99. The van der Waals surface area contributed by atoms with Gasteiger partial charge >= 0.3 is 5.97 Å². The minimum atomic E-state index is -0.506. The second-order valence-electron chi connectivity index (χ2n) is 8.96. The highest BCUT2D eigenvalue weighted by Gasteiger charge is 2.30. The number of hydrogen-bond donors (Lipinski definition) is 0. The summed E-state index contributed by atoms with van der Waals surface area (Å²) in [6.45, 7) is 8.69. The second kappa shape index (κ2) is 10.4. The van der Waals surface area contributed by atoms with Gasteiger partial charge in [-0.3, -0.25) is 9.69 Å². The van der Waals surface area contributed by atoms with E-state index >= 15 is 0 Å². The third-order valence-corrected chi connectivity index (χ3v) is 5.35. The molecule has 3 heteroatoms. The summed E-state index contributed by atoms with van der Waals surface area (Å²) in [5, 5.41) is 0. The molecule has 0 fully saturated rings. The van der Waals surface area contributed by atoms with E-state index in [1.807, 2.05) is 51.1 Å². The molecule has 0 aromatic heterocycles. The summed E-state index contributed by atoms with van der Waals surface area (Å²) in [7, 11) is 0. The molecule has 3 aromatic carbocycles. The number of rotatable bonds is 8. The van der Waals surface area contributed by atoms with E-state index in [4.69, 9.17) is 4.74 Å². The third kappa shape index (κ3) is 6.80. The van der Waals surface area contributed by atoms with Gasteiger partial charge in [0.25, 0.3) is 0 Å². The first-order chi connectivity index (χ1) is 14.8. The molecule has 3 aromatic rings. The Morgan fingerprint density at radius 2 is 1.29 bits per heavy atom. The molecule has 31 heavy (non-hydrogen) atoms. The topological polar surface area (TPSA) is 29.5 Å². The van der Waals surface area contributed by atoms with Gasteiger partial charge in [0.15, 0.2) is 0 Å². The molecule has 0 heterocycles. The molecule has 162 valence electrons. The largest absolute Gasteiger partial charge is 0.460 e. The lowest BCUT2D eigenvalue weighted by Gasteiger charge is -2.37. The lowest BCUT2D eigenvalue weighted by atomic mass is 9.96. The van der Waals surface area contributed by atoms with Gasteiger partial charge in [-0.15, -0.1) is 0 Å². The molecule has 0 bridgehead atoms. The molecule has 0 N–H and O–H groups in total. The zero-order valence-electron chi connectivity index (χ0n) is 19.0. The number of esters is 1. The first-order valence-electron chi connectivity index (χ1n) is 10.9. The van der Waals surface area contributed by atoms with E-state index in [1.54, 1.807) is 0 Å². The first kappa shape index (κ1) is 22.8. The smallest absolute Gasteiger partial charge is 0.308 e. The Morgan fingerprint density at radius 3 is 1.81 bits per heavy atom. The Kier molecular flexibility index (Phi) is 7.64. The van der Waals surface area contributed by atoms with Gasteiger partial charge in [-0.05, 0) is 44.4 Å². The van der Waals surface area contributed by atoms with Gasteiger partial charge in [-0.1, -0.05) is 91.0 Å². The third-order valence-electron chi connectivity index (χ3n) is 5.35. The van der Waals surface area contributed by atoms with Crippen molar-refractivity contribution in [3.05, 3.63) is 108 Å². The zero-order valence-corrected chi connectivity index (χ0v) is 19.0. The highest BCUT2D eigenvalue weighted by molar-refractivity contribution is 5.71. The van der Waals surface area contributed by atoms with Crippen molar-refractivity contribution in [3.63, 3.8) is 0 Å². The van der Waals surface area contributed by atoms with E-state index in [-0.39, 0.29) is 18.1 Å². The van der Waals surface area contributed by atoms with Crippen LogP contribution in [0.4, 0.5) is 0 Å². The van der Waals surface area contributed by atoms with Gasteiger partial charge in [0.05, 0.1) is 6.42 Å². The average Bonchev–Trinajstić information content (AvgIpc) is 2.76. The number of benzene rings is 3. The Labute approximate surface area is 186 Å². The fourth-order valence-corrected chi connectivity index (χ4v) is 3.88. The highest BCUT2D eigenvalue weighted by Crippen LogP contribution is 2.35. The van der Waals surface area contributed by atoms with Gasteiger partial charge in [0.2, 0.25) is 0 Å². The minimum Gasteiger partial charge on any atom is -0.460 e. The molecular formula is C28H33NO2. The number of ether oxygens (including phenoxy) is 1. The van der Waals surface area contributed by atoms with Crippen molar-refractivity contribution in [2.75, 3.05) is 0 Å². The standard InChI is InChI=1S/C28H33NO2/c1-22(24-16-10-6-11-17-24)29(21-23-14-8-5-9-15-23)26(25-18-12-7-13-19-25)20-27(30)31-28(2,3)4/h5-19,22,26H,20-21H2,1-4H3/t22-,26?/m1/s1. The van der Waals surface area contributed by atoms with Crippen molar-refractivity contribution in [1.82, 2.24) is 4.90 Å². The van der Waals surface area contributed by atoms with Gasteiger partial charge in [0.1, 0.15) is 5.60 Å². The van der Waals surface area contributed by atoms with E-state index in [0.717, 1.165) is 12.1 Å². The summed E-state index contributed by atoms with van der Waals surface area (Å²) < 4.78 is 5.71. The van der Waals surface area contributed by atoms with Crippen molar-refractivity contribution < 1.29 is 9.53 Å². The van der Waals surface area contributed by atoms with Gasteiger partial charge < -0.3 is 4.74 Å². The normalized spacial score (nSPS) is 13.6. The van der Waals surface area contributed by atoms with Crippen LogP contribution in [0, 0.1) is 0 Å². The monoisotopic (exact) mass is 415 g/mol. The van der Waals surface area contributed by atoms with Crippen molar-refractivity contribution in [2.24, 2.45) is 0 Å². The predicted molar refractivity (Wildman–Crippen MR) is 126 cm³/mol. The van der Waals surface area contributed by atoms with Crippen molar-refractivity contribution in [3.8, 4) is 0 Å². The molecule has 0 saturated carbocycles. The fraction of sp³-hybridized carbons (Fsp3) is 0.321. The molecule has 0 saturated heterocycles. The van der Waals surface area contributed by atoms with Crippen LogP contribution in [0.3, 0.4) is 0 Å². The molecule has 1 unspecified atom stereocenters. The van der Waals surface area contributed by atoms with Gasteiger partial charge in [0, 0.05) is 18.6 Å². The maximum Gasteiger partial charge on any atom is 0.308 e. The van der Waals surface area contributed by atoms with Crippen LogP contribution in [0.1, 0.15) is 62.9 Å². The van der Waals surface area contributed by atoms with Crippen molar-refractivity contribution >= 4 is 5.97 Å². The zero-order chi connectivity index (χ0) is 22.3. The van der Waals surface area contributed by atoms with Gasteiger partial charge in [-0.25, -0.2) is 0 Å². The maximum absolute atomic E-state index is 12.9. The van der Waals surface area contributed by atoms with E-state index in [0.29, 0.717) is 6.42 Å². The lowest BCUT2D eigenvalue weighted by Crippen LogP contribution is -2.34. The summed E-state index contributed by atoms with van der Waals surface area (Å²) >= 11 is 0. The molecule has 0 aliphatic carbocycles. The number of carbonyl (C=O) groups excluding carboxylic acids is 1. The maximum atomic E-state index is 12.9. The molecule has 0 spiro atoms. The summed E-state index contributed by atoms with van der Waals surface area (Å²) in [6, 6.07) is 31.2. The summed E-state index contributed by atoms with van der Waals surface area (Å²) in [5.41, 5.74) is 3.05. The quantitative estimate of drug-likeness (QED) is 0.382. The molecular weight excluding hydrogens is 382 g/mol. The van der Waals surface area contributed by atoms with Crippen molar-refractivity contribution in [1.29, 1.82) is 0 Å².